The molecule has 22 heavy (non-hydrogen) atoms. The van der Waals surface area contributed by atoms with E-state index in [1.54, 1.807) is 0 Å². The summed E-state index contributed by atoms with van der Waals surface area (Å²) in [6.07, 6.45) is 0.202. The lowest BCUT2D eigenvalue weighted by atomic mass is 10.0. The zero-order valence-electron chi connectivity index (χ0n) is 13.6. The number of fused-ring (bicyclic) bond motifs is 1. The van der Waals surface area contributed by atoms with E-state index in [2.05, 4.69) is 19.9 Å². The van der Waals surface area contributed by atoms with Gasteiger partial charge in [-0.1, -0.05) is 6.07 Å². The highest BCUT2D eigenvalue weighted by Gasteiger charge is 2.39. The van der Waals surface area contributed by atoms with E-state index in [4.69, 9.17) is 4.74 Å². The van der Waals surface area contributed by atoms with Crippen LogP contribution in [0.4, 0.5) is 0 Å². The first-order chi connectivity index (χ1) is 10.4. The maximum Gasteiger partial charge on any atom is 0.264 e. The van der Waals surface area contributed by atoms with E-state index in [0.29, 0.717) is 18.7 Å². The van der Waals surface area contributed by atoms with Gasteiger partial charge in [-0.3, -0.25) is 9.00 Å². The summed E-state index contributed by atoms with van der Waals surface area (Å²) in [5, 5.41) is 0.0194. The maximum absolute atomic E-state index is 12.8. The van der Waals surface area contributed by atoms with Gasteiger partial charge < -0.3 is 9.64 Å². The summed E-state index contributed by atoms with van der Waals surface area (Å²) < 4.78 is 17.8. The van der Waals surface area contributed by atoms with Crippen LogP contribution >= 0.6 is 0 Å². The molecule has 0 spiro atoms. The van der Waals surface area contributed by atoms with Crippen LogP contribution in [0.1, 0.15) is 30.5 Å². The highest BCUT2D eigenvalue weighted by Crippen LogP contribution is 2.32. The van der Waals surface area contributed by atoms with Gasteiger partial charge in [-0.05, 0) is 50.5 Å². The van der Waals surface area contributed by atoms with Crippen molar-refractivity contribution >= 4 is 16.7 Å². The Kier molecular flexibility index (Phi) is 4.02. The minimum Gasteiger partial charge on any atom is -0.480 e. The Morgan fingerprint density at radius 3 is 2.68 bits per heavy atom. The summed E-state index contributed by atoms with van der Waals surface area (Å²) >= 11 is 0. The molecule has 2 heterocycles. The van der Waals surface area contributed by atoms with Gasteiger partial charge in [-0.25, -0.2) is 0 Å². The average molecular weight is 321 g/mol. The van der Waals surface area contributed by atoms with Gasteiger partial charge in [-0.15, -0.1) is 0 Å². The summed E-state index contributed by atoms with van der Waals surface area (Å²) in [6.45, 7) is 8.63. The monoisotopic (exact) mass is 321 g/mol. The second kappa shape index (κ2) is 5.69. The number of benzene rings is 1. The van der Waals surface area contributed by atoms with Crippen molar-refractivity contribution in [3.05, 3.63) is 28.8 Å². The van der Waals surface area contributed by atoms with Crippen molar-refractivity contribution in [2.45, 2.75) is 51.5 Å². The number of ether oxygens (including phenoxy) is 1. The molecule has 2 aliphatic rings. The second-order valence-corrected chi connectivity index (χ2v) is 8.33. The van der Waals surface area contributed by atoms with E-state index in [0.717, 1.165) is 11.3 Å². The number of hydrogen-bond acceptors (Lipinski definition) is 3. The topological polar surface area (TPSA) is 46.6 Å². The molecule has 2 aliphatic heterocycles. The van der Waals surface area contributed by atoms with Crippen molar-refractivity contribution < 1.29 is 13.7 Å². The Labute approximate surface area is 134 Å². The molecule has 0 N–H and O–H groups in total. The van der Waals surface area contributed by atoms with E-state index >= 15 is 0 Å². The quantitative estimate of drug-likeness (QED) is 0.794. The molecule has 0 aliphatic carbocycles. The predicted octanol–water partition coefficient (Wildman–Crippen LogP) is 1.97. The highest BCUT2D eigenvalue weighted by atomic mass is 32.2. The maximum atomic E-state index is 12.8. The Morgan fingerprint density at radius 1 is 1.27 bits per heavy atom. The normalized spacial score (nSPS) is 30.8. The zero-order valence-corrected chi connectivity index (χ0v) is 14.4. The standard InChI is InChI=1S/C17H23NO3S/c1-10-7-14-9-16(21-15(14)8-11(10)2)17(19)18-5-6-22(20)13(4)12(18)3/h7-8,12-13,16H,5-6,9H2,1-4H3/t12-,13+,16-,22+/m0/s1. The van der Waals surface area contributed by atoms with Gasteiger partial charge in [0.05, 0.1) is 5.25 Å². The average Bonchev–Trinajstić information content (AvgIpc) is 2.87. The molecule has 0 aromatic heterocycles. The van der Waals surface area contributed by atoms with Crippen molar-refractivity contribution in [3.63, 3.8) is 0 Å². The minimum atomic E-state index is -0.835. The first-order valence-electron chi connectivity index (χ1n) is 7.83. The molecule has 3 rings (SSSR count). The summed E-state index contributed by atoms with van der Waals surface area (Å²) in [5.74, 6) is 1.43. The van der Waals surface area contributed by atoms with Crippen molar-refractivity contribution in [2.75, 3.05) is 12.3 Å². The molecule has 1 aromatic carbocycles. The van der Waals surface area contributed by atoms with Gasteiger partial charge >= 0.3 is 0 Å². The molecule has 4 nitrogen and oxygen atoms in total. The van der Waals surface area contributed by atoms with Crippen LogP contribution in [0.2, 0.25) is 0 Å². The first-order valence-corrected chi connectivity index (χ1v) is 9.21. The molecule has 0 radical (unpaired) electrons. The Bertz CT molecular complexity index is 612. The highest BCUT2D eigenvalue weighted by molar-refractivity contribution is 7.85. The third kappa shape index (κ3) is 2.56. The fraction of sp³-hybridized carbons (Fsp3) is 0.588. The van der Waals surface area contributed by atoms with E-state index in [1.165, 1.54) is 11.1 Å². The van der Waals surface area contributed by atoms with E-state index in [9.17, 15) is 9.00 Å². The predicted molar refractivity (Wildman–Crippen MR) is 87.7 cm³/mol. The fourth-order valence-electron chi connectivity index (χ4n) is 3.20. The van der Waals surface area contributed by atoms with Gasteiger partial charge in [-0.2, -0.15) is 0 Å². The third-order valence-corrected chi connectivity index (χ3v) is 6.84. The number of nitrogens with zero attached hydrogens (tertiary/aromatic N) is 1. The van der Waals surface area contributed by atoms with Crippen molar-refractivity contribution in [1.82, 2.24) is 4.90 Å². The molecule has 1 amide bonds. The van der Waals surface area contributed by atoms with Crippen LogP contribution in [-0.2, 0) is 22.0 Å². The zero-order chi connectivity index (χ0) is 16.0. The van der Waals surface area contributed by atoms with Crippen molar-refractivity contribution in [1.29, 1.82) is 0 Å². The van der Waals surface area contributed by atoms with Gasteiger partial charge in [0.1, 0.15) is 5.75 Å². The van der Waals surface area contributed by atoms with Gasteiger partial charge in [0.2, 0.25) is 0 Å². The van der Waals surface area contributed by atoms with Crippen molar-refractivity contribution in [2.24, 2.45) is 0 Å². The van der Waals surface area contributed by atoms with E-state index in [-0.39, 0.29) is 17.2 Å². The van der Waals surface area contributed by atoms with Crippen LogP contribution in [0, 0.1) is 13.8 Å². The number of carbonyl (C=O) groups is 1. The molecule has 1 saturated heterocycles. The molecule has 5 heteroatoms. The molecular weight excluding hydrogens is 298 g/mol. The molecule has 0 saturated carbocycles. The number of amides is 1. The number of hydrogen-bond donors (Lipinski definition) is 0. The van der Waals surface area contributed by atoms with E-state index < -0.39 is 16.9 Å². The van der Waals surface area contributed by atoms with Gasteiger partial charge in [0.25, 0.3) is 5.91 Å². The molecule has 1 fully saturated rings. The van der Waals surface area contributed by atoms with E-state index in [1.807, 2.05) is 24.8 Å². The summed E-state index contributed by atoms with van der Waals surface area (Å²) in [4.78, 5) is 14.7. The smallest absolute Gasteiger partial charge is 0.264 e. The van der Waals surface area contributed by atoms with Crippen LogP contribution in [-0.4, -0.2) is 44.7 Å². The van der Waals surface area contributed by atoms with Crippen molar-refractivity contribution in [3.8, 4) is 5.75 Å². The first kappa shape index (κ1) is 15.5. The lowest BCUT2D eigenvalue weighted by Crippen LogP contribution is -2.55. The number of rotatable bonds is 1. The van der Waals surface area contributed by atoms with Crippen LogP contribution in [0.15, 0.2) is 12.1 Å². The summed E-state index contributed by atoms with van der Waals surface area (Å²) in [6, 6.07) is 4.14. The van der Waals surface area contributed by atoms with Crippen LogP contribution in [0.5, 0.6) is 5.75 Å². The molecule has 0 unspecified atom stereocenters. The Hall–Kier alpha value is -1.36. The lowest BCUT2D eigenvalue weighted by molar-refractivity contribution is -0.139. The van der Waals surface area contributed by atoms with Crippen LogP contribution in [0.3, 0.4) is 0 Å². The second-order valence-electron chi connectivity index (χ2n) is 6.42. The Morgan fingerprint density at radius 2 is 1.95 bits per heavy atom. The molecule has 120 valence electrons. The van der Waals surface area contributed by atoms with Gasteiger partial charge in [0, 0.05) is 35.6 Å². The number of carbonyl (C=O) groups excluding carboxylic acids is 1. The summed E-state index contributed by atoms with van der Waals surface area (Å²) in [5.41, 5.74) is 3.52. The molecule has 1 aromatic rings. The fourth-order valence-corrected chi connectivity index (χ4v) is 4.53. The Balaban J connectivity index is 1.76. The molecular formula is C17H23NO3S. The minimum absolute atomic E-state index is 0.00197. The molecule has 0 bridgehead atoms. The molecule has 4 atom stereocenters. The van der Waals surface area contributed by atoms with Crippen LogP contribution < -0.4 is 4.74 Å². The number of aryl methyl sites for hydroxylation is 2. The summed E-state index contributed by atoms with van der Waals surface area (Å²) in [7, 11) is -0.835. The largest absolute Gasteiger partial charge is 0.480 e. The third-order valence-electron chi connectivity index (χ3n) is 5.03. The van der Waals surface area contributed by atoms with Gasteiger partial charge in [0.15, 0.2) is 6.10 Å². The van der Waals surface area contributed by atoms with Crippen LogP contribution in [0.25, 0.3) is 0 Å². The SMILES string of the molecule is Cc1cc2c(cc1C)O[C@H](C(=O)N1CC[S@@](=O)[C@H](C)[C@@H]1C)C2. The lowest BCUT2D eigenvalue weighted by Gasteiger charge is -2.38.